The molecule has 1 aromatic carbocycles. The summed E-state index contributed by atoms with van der Waals surface area (Å²) >= 11 is 0. The van der Waals surface area contributed by atoms with Gasteiger partial charge < -0.3 is 15.7 Å². The van der Waals surface area contributed by atoms with Crippen LogP contribution in [0.2, 0.25) is 0 Å². The van der Waals surface area contributed by atoms with Crippen molar-refractivity contribution in [2.24, 2.45) is 0 Å². The van der Waals surface area contributed by atoms with Crippen LogP contribution in [0.1, 0.15) is 32.1 Å². The molecule has 2 aromatic heterocycles. The van der Waals surface area contributed by atoms with Gasteiger partial charge in [-0.25, -0.2) is 4.98 Å². The number of aromatic nitrogens is 3. The molecule has 1 aliphatic carbocycles. The molecule has 2 heterocycles. The third kappa shape index (κ3) is 4.53. The molecule has 1 saturated carbocycles. The summed E-state index contributed by atoms with van der Waals surface area (Å²) in [7, 11) is 0. The molecule has 1 aliphatic rings. The highest BCUT2D eigenvalue weighted by molar-refractivity contribution is 5.65. The number of benzene rings is 1. The minimum atomic E-state index is 0.208. The SMILES string of the molecule is Oc1cccc(Nc2cc(-c3ccccn3)nc(NC3CCCCC3)n2)c1. The van der Waals surface area contributed by atoms with Crippen LogP contribution in [0.3, 0.4) is 0 Å². The van der Waals surface area contributed by atoms with Crippen LogP contribution in [0.15, 0.2) is 54.7 Å². The molecular weight excluding hydrogens is 338 g/mol. The molecule has 6 heteroatoms. The molecule has 6 nitrogen and oxygen atoms in total. The summed E-state index contributed by atoms with van der Waals surface area (Å²) < 4.78 is 0. The molecule has 27 heavy (non-hydrogen) atoms. The first-order chi connectivity index (χ1) is 13.3. The summed E-state index contributed by atoms with van der Waals surface area (Å²) in [6.45, 7) is 0. The Balaban J connectivity index is 1.65. The number of aromatic hydroxyl groups is 1. The van der Waals surface area contributed by atoms with Crippen LogP contribution >= 0.6 is 0 Å². The summed E-state index contributed by atoms with van der Waals surface area (Å²) in [4.78, 5) is 13.7. The second-order valence-corrected chi connectivity index (χ2v) is 6.83. The second kappa shape index (κ2) is 8.03. The number of nitrogens with zero attached hydrogens (tertiary/aromatic N) is 3. The van der Waals surface area contributed by atoms with Crippen LogP contribution in [0, 0.1) is 0 Å². The fourth-order valence-electron chi connectivity index (χ4n) is 3.38. The molecule has 0 unspecified atom stereocenters. The van der Waals surface area contributed by atoms with Crippen molar-refractivity contribution in [3.8, 4) is 17.1 Å². The van der Waals surface area contributed by atoms with Crippen LogP contribution in [0.4, 0.5) is 17.5 Å². The Morgan fingerprint density at radius 3 is 2.56 bits per heavy atom. The number of hydrogen-bond acceptors (Lipinski definition) is 6. The van der Waals surface area contributed by atoms with Crippen molar-refractivity contribution < 1.29 is 5.11 Å². The molecule has 138 valence electrons. The average Bonchev–Trinajstić information content (AvgIpc) is 2.69. The van der Waals surface area contributed by atoms with E-state index in [1.165, 1.54) is 19.3 Å². The molecule has 3 N–H and O–H groups in total. The van der Waals surface area contributed by atoms with Crippen molar-refractivity contribution in [3.63, 3.8) is 0 Å². The van der Waals surface area contributed by atoms with Crippen molar-refractivity contribution >= 4 is 17.5 Å². The van der Waals surface area contributed by atoms with E-state index in [1.807, 2.05) is 30.3 Å². The molecule has 0 aliphatic heterocycles. The lowest BCUT2D eigenvalue weighted by molar-refractivity contribution is 0.461. The smallest absolute Gasteiger partial charge is 0.225 e. The molecular formula is C21H23N5O. The maximum Gasteiger partial charge on any atom is 0.225 e. The zero-order valence-electron chi connectivity index (χ0n) is 15.1. The largest absolute Gasteiger partial charge is 0.508 e. The first-order valence-electron chi connectivity index (χ1n) is 9.39. The fraction of sp³-hybridized carbons (Fsp3) is 0.286. The van der Waals surface area contributed by atoms with Crippen molar-refractivity contribution in [1.82, 2.24) is 15.0 Å². The van der Waals surface area contributed by atoms with E-state index < -0.39 is 0 Å². The van der Waals surface area contributed by atoms with Gasteiger partial charge in [-0.15, -0.1) is 0 Å². The van der Waals surface area contributed by atoms with Crippen LogP contribution in [0.5, 0.6) is 5.75 Å². The van der Waals surface area contributed by atoms with E-state index in [0.717, 1.165) is 29.9 Å². The highest BCUT2D eigenvalue weighted by Gasteiger charge is 2.16. The third-order valence-electron chi connectivity index (χ3n) is 4.71. The van der Waals surface area contributed by atoms with Crippen molar-refractivity contribution in [3.05, 3.63) is 54.7 Å². The molecule has 0 atom stereocenters. The molecule has 0 bridgehead atoms. The van der Waals surface area contributed by atoms with Crippen molar-refractivity contribution in [2.75, 3.05) is 10.6 Å². The summed E-state index contributed by atoms with van der Waals surface area (Å²) in [5.41, 5.74) is 2.32. The molecule has 4 rings (SSSR count). The number of anilines is 3. The Morgan fingerprint density at radius 2 is 1.78 bits per heavy atom. The van der Waals surface area contributed by atoms with Gasteiger partial charge in [0.15, 0.2) is 0 Å². The first kappa shape index (κ1) is 17.3. The summed E-state index contributed by atoms with van der Waals surface area (Å²) in [5, 5.41) is 16.4. The summed E-state index contributed by atoms with van der Waals surface area (Å²) in [5.74, 6) is 1.47. The van der Waals surface area contributed by atoms with Crippen LogP contribution in [-0.2, 0) is 0 Å². The van der Waals surface area contributed by atoms with Gasteiger partial charge in [-0.3, -0.25) is 4.98 Å². The highest BCUT2D eigenvalue weighted by Crippen LogP contribution is 2.26. The minimum Gasteiger partial charge on any atom is -0.508 e. The van der Waals surface area contributed by atoms with Gasteiger partial charge in [0.25, 0.3) is 0 Å². The van der Waals surface area contributed by atoms with Gasteiger partial charge in [-0.1, -0.05) is 31.4 Å². The fourth-order valence-corrected chi connectivity index (χ4v) is 3.38. The molecule has 0 saturated heterocycles. The molecule has 1 fully saturated rings. The zero-order valence-corrected chi connectivity index (χ0v) is 15.1. The first-order valence-corrected chi connectivity index (χ1v) is 9.39. The van der Waals surface area contributed by atoms with Crippen LogP contribution in [-0.4, -0.2) is 26.1 Å². The Labute approximate surface area is 158 Å². The maximum absolute atomic E-state index is 9.70. The Kier molecular flexibility index (Phi) is 5.14. The monoisotopic (exact) mass is 361 g/mol. The third-order valence-corrected chi connectivity index (χ3v) is 4.71. The van der Waals surface area contributed by atoms with Crippen molar-refractivity contribution in [2.45, 2.75) is 38.1 Å². The number of phenolic OH excluding ortho intramolecular Hbond substituents is 1. The lowest BCUT2D eigenvalue weighted by atomic mass is 9.96. The molecule has 0 amide bonds. The predicted molar refractivity (Wildman–Crippen MR) is 107 cm³/mol. The lowest BCUT2D eigenvalue weighted by Crippen LogP contribution is -2.23. The van der Waals surface area contributed by atoms with Crippen LogP contribution < -0.4 is 10.6 Å². The van der Waals surface area contributed by atoms with E-state index >= 15 is 0 Å². The number of hydrogen-bond donors (Lipinski definition) is 3. The number of rotatable bonds is 5. The summed E-state index contributed by atoms with van der Waals surface area (Å²) in [6, 6.07) is 15.0. The number of pyridine rings is 1. The number of phenols is 1. The van der Waals surface area contributed by atoms with E-state index in [1.54, 1.807) is 24.4 Å². The Morgan fingerprint density at radius 1 is 0.889 bits per heavy atom. The van der Waals surface area contributed by atoms with E-state index in [2.05, 4.69) is 25.6 Å². The predicted octanol–water partition coefficient (Wildman–Crippen LogP) is 4.73. The quantitative estimate of drug-likeness (QED) is 0.609. The van der Waals surface area contributed by atoms with Gasteiger partial charge in [0.1, 0.15) is 11.6 Å². The Bertz CT molecular complexity index is 894. The number of nitrogens with one attached hydrogen (secondary N) is 2. The second-order valence-electron chi connectivity index (χ2n) is 6.83. The van der Waals surface area contributed by atoms with Gasteiger partial charge in [0, 0.05) is 30.1 Å². The normalized spacial score (nSPS) is 14.7. The van der Waals surface area contributed by atoms with Gasteiger partial charge in [0.2, 0.25) is 5.95 Å². The molecule has 0 radical (unpaired) electrons. The zero-order chi connectivity index (χ0) is 18.5. The maximum atomic E-state index is 9.70. The highest BCUT2D eigenvalue weighted by atomic mass is 16.3. The minimum absolute atomic E-state index is 0.208. The molecule has 3 aromatic rings. The topological polar surface area (TPSA) is 83.0 Å². The van der Waals surface area contributed by atoms with E-state index in [4.69, 9.17) is 0 Å². The summed E-state index contributed by atoms with van der Waals surface area (Å²) in [6.07, 6.45) is 7.84. The standard InChI is InChI=1S/C21H23N5O/c27-17-10-6-9-16(13-17)23-20-14-19(18-11-4-5-12-22-18)25-21(26-20)24-15-7-2-1-3-8-15/h4-6,9-15,27H,1-3,7-8H2,(H2,23,24,25,26). The van der Waals surface area contributed by atoms with Gasteiger partial charge in [0.05, 0.1) is 11.4 Å². The van der Waals surface area contributed by atoms with E-state index in [9.17, 15) is 5.11 Å². The Hall–Kier alpha value is -3.15. The molecule has 0 spiro atoms. The van der Waals surface area contributed by atoms with E-state index in [-0.39, 0.29) is 5.75 Å². The van der Waals surface area contributed by atoms with Crippen molar-refractivity contribution in [1.29, 1.82) is 0 Å². The van der Waals surface area contributed by atoms with Gasteiger partial charge in [-0.05, 0) is 37.1 Å². The van der Waals surface area contributed by atoms with Gasteiger partial charge in [-0.2, -0.15) is 4.98 Å². The van der Waals surface area contributed by atoms with E-state index in [0.29, 0.717) is 17.8 Å². The van der Waals surface area contributed by atoms with Gasteiger partial charge >= 0.3 is 0 Å². The van der Waals surface area contributed by atoms with Crippen LogP contribution in [0.25, 0.3) is 11.4 Å². The average molecular weight is 361 g/mol. The lowest BCUT2D eigenvalue weighted by Gasteiger charge is -2.23.